The molecule has 0 aliphatic carbocycles. The van der Waals surface area contributed by atoms with Crippen molar-refractivity contribution < 1.29 is 22.1 Å². The second-order valence-corrected chi connectivity index (χ2v) is 6.86. The minimum atomic E-state index is -3.42. The Kier molecular flexibility index (Phi) is 5.61. The zero-order valence-electron chi connectivity index (χ0n) is 12.0. The third-order valence-electron chi connectivity index (χ3n) is 3.12. The maximum atomic E-state index is 11.7. The zero-order valence-corrected chi connectivity index (χ0v) is 12.8. The first-order valence-electron chi connectivity index (χ1n) is 6.53. The van der Waals surface area contributed by atoms with E-state index in [2.05, 4.69) is 0 Å². The van der Waals surface area contributed by atoms with Gasteiger partial charge in [-0.05, 0) is 39.5 Å². The van der Waals surface area contributed by atoms with Crippen molar-refractivity contribution in [1.82, 2.24) is 4.90 Å². The van der Waals surface area contributed by atoms with Gasteiger partial charge in [0.1, 0.15) is 0 Å². The fourth-order valence-electron chi connectivity index (χ4n) is 2.18. The first-order chi connectivity index (χ1) is 8.69. The van der Waals surface area contributed by atoms with Gasteiger partial charge in [0, 0.05) is 13.1 Å². The number of carbonyl (C=O) groups is 1. The van der Waals surface area contributed by atoms with Crippen molar-refractivity contribution in [3.8, 4) is 0 Å². The molecule has 0 radical (unpaired) electrons. The monoisotopic (exact) mass is 293 g/mol. The lowest BCUT2D eigenvalue weighted by molar-refractivity contribution is 0.0507. The van der Waals surface area contributed by atoms with Crippen LogP contribution in [0, 0.1) is 5.92 Å². The predicted octanol–water partition coefficient (Wildman–Crippen LogP) is 1.61. The molecule has 1 rings (SSSR count). The number of carbonyl (C=O) groups excluding carboxylic acids is 1. The second kappa shape index (κ2) is 6.56. The maximum Gasteiger partial charge on any atom is 0.410 e. The van der Waals surface area contributed by atoms with Gasteiger partial charge in [0.25, 0.3) is 10.1 Å². The van der Waals surface area contributed by atoms with Gasteiger partial charge in [-0.15, -0.1) is 0 Å². The van der Waals surface area contributed by atoms with E-state index in [0.717, 1.165) is 19.1 Å². The Morgan fingerprint density at radius 2 is 1.74 bits per heavy atom. The molecule has 0 saturated carbocycles. The van der Waals surface area contributed by atoms with E-state index in [0.29, 0.717) is 13.1 Å². The van der Waals surface area contributed by atoms with Crippen molar-refractivity contribution in [3.05, 3.63) is 0 Å². The highest BCUT2D eigenvalue weighted by Gasteiger charge is 2.29. The number of piperidine rings is 1. The van der Waals surface area contributed by atoms with Gasteiger partial charge in [-0.2, -0.15) is 8.42 Å². The van der Waals surface area contributed by atoms with Crippen molar-refractivity contribution in [3.63, 3.8) is 0 Å². The van der Waals surface area contributed by atoms with Crippen LogP contribution in [0.4, 0.5) is 4.79 Å². The van der Waals surface area contributed by atoms with Crippen LogP contribution in [-0.4, -0.2) is 51.0 Å². The van der Waals surface area contributed by atoms with E-state index < -0.39 is 10.1 Å². The summed E-state index contributed by atoms with van der Waals surface area (Å²) in [6.07, 6.45) is 1.73. The standard InChI is InChI=1S/C12H23NO5S/c1-9(2)17-12(14)13-7-5-11(6-8-13)10(3)18-19(4,15)16/h9-11H,5-8H2,1-4H3/t10-/m1/s1. The van der Waals surface area contributed by atoms with Crippen molar-refractivity contribution in [2.24, 2.45) is 5.92 Å². The van der Waals surface area contributed by atoms with Crippen LogP contribution in [0.1, 0.15) is 33.6 Å². The van der Waals surface area contributed by atoms with Crippen molar-refractivity contribution in [1.29, 1.82) is 0 Å². The number of hydrogen-bond donors (Lipinski definition) is 0. The van der Waals surface area contributed by atoms with Crippen LogP contribution in [0.3, 0.4) is 0 Å². The van der Waals surface area contributed by atoms with Crippen LogP contribution < -0.4 is 0 Å². The molecule has 7 heteroatoms. The van der Waals surface area contributed by atoms with Crippen LogP contribution in [0.15, 0.2) is 0 Å². The lowest BCUT2D eigenvalue weighted by Crippen LogP contribution is -2.42. The van der Waals surface area contributed by atoms with E-state index >= 15 is 0 Å². The van der Waals surface area contributed by atoms with Gasteiger partial charge in [0.05, 0.1) is 18.5 Å². The summed E-state index contributed by atoms with van der Waals surface area (Å²) in [5.74, 6) is 0.151. The molecule has 1 saturated heterocycles. The van der Waals surface area contributed by atoms with Crippen LogP contribution in [0.2, 0.25) is 0 Å². The second-order valence-electron chi connectivity index (χ2n) is 5.26. The summed E-state index contributed by atoms with van der Waals surface area (Å²) in [6, 6.07) is 0. The number of ether oxygens (including phenoxy) is 1. The van der Waals surface area contributed by atoms with Gasteiger partial charge in [0.15, 0.2) is 0 Å². The molecular formula is C12H23NO5S. The van der Waals surface area contributed by atoms with Gasteiger partial charge in [-0.1, -0.05) is 0 Å². The van der Waals surface area contributed by atoms with Gasteiger partial charge < -0.3 is 9.64 Å². The highest BCUT2D eigenvalue weighted by atomic mass is 32.2. The number of nitrogens with zero attached hydrogens (tertiary/aromatic N) is 1. The largest absolute Gasteiger partial charge is 0.447 e. The average molecular weight is 293 g/mol. The Bertz CT molecular complexity index is 398. The number of rotatable bonds is 4. The van der Waals surface area contributed by atoms with E-state index in [1.807, 2.05) is 13.8 Å². The fourth-order valence-corrected chi connectivity index (χ4v) is 2.89. The summed E-state index contributed by atoms with van der Waals surface area (Å²) < 4.78 is 32.2. The average Bonchev–Trinajstić information content (AvgIpc) is 2.26. The quantitative estimate of drug-likeness (QED) is 0.736. The third kappa shape index (κ3) is 5.78. The lowest BCUT2D eigenvalue weighted by atomic mass is 9.92. The summed E-state index contributed by atoms with van der Waals surface area (Å²) >= 11 is 0. The van der Waals surface area contributed by atoms with E-state index in [9.17, 15) is 13.2 Å². The molecule has 0 aromatic rings. The summed E-state index contributed by atoms with van der Waals surface area (Å²) in [6.45, 7) is 6.54. The van der Waals surface area contributed by atoms with Gasteiger partial charge >= 0.3 is 6.09 Å². The van der Waals surface area contributed by atoms with Crippen LogP contribution in [-0.2, 0) is 19.0 Å². The molecule has 19 heavy (non-hydrogen) atoms. The number of likely N-dealkylation sites (tertiary alicyclic amines) is 1. The molecule has 0 spiro atoms. The molecule has 6 nitrogen and oxygen atoms in total. The molecular weight excluding hydrogens is 270 g/mol. The highest BCUT2D eigenvalue weighted by Crippen LogP contribution is 2.24. The molecule has 1 amide bonds. The first-order valence-corrected chi connectivity index (χ1v) is 8.34. The minimum absolute atomic E-state index is 0.127. The summed E-state index contributed by atoms with van der Waals surface area (Å²) in [5, 5.41) is 0. The molecule has 0 unspecified atom stereocenters. The van der Waals surface area contributed by atoms with Crippen molar-refractivity contribution in [2.45, 2.75) is 45.8 Å². The van der Waals surface area contributed by atoms with E-state index in [4.69, 9.17) is 8.92 Å². The minimum Gasteiger partial charge on any atom is -0.447 e. The Labute approximate surface area is 115 Å². The Balaban J connectivity index is 2.42. The fraction of sp³-hybridized carbons (Fsp3) is 0.917. The van der Waals surface area contributed by atoms with Crippen LogP contribution in [0.25, 0.3) is 0 Å². The topological polar surface area (TPSA) is 72.9 Å². The Hall–Kier alpha value is -0.820. The highest BCUT2D eigenvalue weighted by molar-refractivity contribution is 7.86. The third-order valence-corrected chi connectivity index (χ3v) is 3.78. The molecule has 1 aliphatic heterocycles. The Morgan fingerprint density at radius 3 is 2.16 bits per heavy atom. The maximum absolute atomic E-state index is 11.7. The molecule has 1 heterocycles. The first kappa shape index (κ1) is 16.2. The van der Waals surface area contributed by atoms with Crippen molar-refractivity contribution >= 4 is 16.2 Å². The molecule has 0 aromatic carbocycles. The predicted molar refractivity (Wildman–Crippen MR) is 71.3 cm³/mol. The molecule has 112 valence electrons. The van der Waals surface area contributed by atoms with Gasteiger partial charge in [0.2, 0.25) is 0 Å². The molecule has 0 N–H and O–H groups in total. The molecule has 1 fully saturated rings. The normalized spacial score (nSPS) is 19.5. The lowest BCUT2D eigenvalue weighted by Gasteiger charge is -2.34. The summed E-state index contributed by atoms with van der Waals surface area (Å²) in [4.78, 5) is 13.3. The Morgan fingerprint density at radius 1 is 1.21 bits per heavy atom. The number of hydrogen-bond acceptors (Lipinski definition) is 5. The smallest absolute Gasteiger partial charge is 0.410 e. The van der Waals surface area contributed by atoms with Crippen molar-refractivity contribution in [2.75, 3.05) is 19.3 Å². The summed E-state index contributed by atoms with van der Waals surface area (Å²) in [7, 11) is -3.42. The zero-order chi connectivity index (χ0) is 14.6. The number of amides is 1. The molecule has 1 atom stereocenters. The summed E-state index contributed by atoms with van der Waals surface area (Å²) in [5.41, 5.74) is 0. The SMILES string of the molecule is CC(C)OC(=O)N1CCC([C@@H](C)OS(C)(=O)=O)CC1. The van der Waals surface area contributed by atoms with Crippen LogP contribution >= 0.6 is 0 Å². The van der Waals surface area contributed by atoms with Gasteiger partial charge in [-0.3, -0.25) is 4.18 Å². The van der Waals surface area contributed by atoms with E-state index in [1.165, 1.54) is 0 Å². The molecule has 1 aliphatic rings. The molecule has 0 aromatic heterocycles. The van der Waals surface area contributed by atoms with E-state index in [-0.39, 0.29) is 24.2 Å². The van der Waals surface area contributed by atoms with Gasteiger partial charge in [-0.25, -0.2) is 4.79 Å². The van der Waals surface area contributed by atoms with E-state index in [1.54, 1.807) is 11.8 Å². The van der Waals surface area contributed by atoms with Crippen LogP contribution in [0.5, 0.6) is 0 Å². The molecule has 0 bridgehead atoms.